The molecule has 0 aromatic carbocycles. The fraction of sp³-hybridized carbons (Fsp3) is 0.875. The molecule has 102 valence electrons. The number of aliphatic hydroxyl groups is 1. The Balaban J connectivity index is 5.35. The molecule has 0 spiro atoms. The second-order valence-corrected chi connectivity index (χ2v) is 4.41. The van der Waals surface area contributed by atoms with Gasteiger partial charge < -0.3 is 10.4 Å². The van der Waals surface area contributed by atoms with E-state index in [0.29, 0.717) is 5.32 Å². The molecular weight excluding hydrogens is 256 g/mol. The van der Waals surface area contributed by atoms with E-state index in [-0.39, 0.29) is 0 Å². The molecule has 0 bridgehead atoms. The molecule has 17 heavy (non-hydrogen) atoms. The van der Waals surface area contributed by atoms with Gasteiger partial charge in [-0.25, -0.2) is 0 Å². The number of nitrogens with one attached hydrogen (secondary N) is 1. The molecule has 0 aliphatic carbocycles. The molecule has 1 amide bonds. The zero-order valence-corrected chi connectivity index (χ0v) is 9.12. The van der Waals surface area contributed by atoms with Gasteiger partial charge in [0.25, 0.3) is 0 Å². The third-order valence-electron chi connectivity index (χ3n) is 1.80. The molecule has 0 aromatic rings. The molecule has 0 aliphatic rings. The van der Waals surface area contributed by atoms with Crippen molar-refractivity contribution in [3.63, 3.8) is 0 Å². The van der Waals surface area contributed by atoms with Crippen LogP contribution in [-0.2, 0) is 4.79 Å². The van der Waals surface area contributed by atoms with Crippen LogP contribution >= 0.6 is 0 Å². The fourth-order valence-corrected chi connectivity index (χ4v) is 0.654. The van der Waals surface area contributed by atoms with Crippen molar-refractivity contribution in [3.05, 3.63) is 0 Å². The van der Waals surface area contributed by atoms with Gasteiger partial charge in [0.1, 0.15) is 0 Å². The number of alkyl halides is 6. The van der Waals surface area contributed by atoms with Crippen LogP contribution in [0, 0.1) is 5.41 Å². The highest BCUT2D eigenvalue weighted by molar-refractivity contribution is 5.82. The van der Waals surface area contributed by atoms with E-state index in [1.165, 1.54) is 0 Å². The first-order chi connectivity index (χ1) is 7.13. The van der Waals surface area contributed by atoms with Crippen molar-refractivity contribution in [2.24, 2.45) is 5.41 Å². The maximum Gasteiger partial charge on any atom is 0.446 e. The molecule has 0 saturated heterocycles. The molecule has 0 rings (SSSR count). The number of rotatable bonds is 1. The topological polar surface area (TPSA) is 49.3 Å². The van der Waals surface area contributed by atoms with Crippen molar-refractivity contribution >= 4 is 5.91 Å². The lowest BCUT2D eigenvalue weighted by Crippen LogP contribution is -2.68. The highest BCUT2D eigenvalue weighted by Crippen LogP contribution is 2.41. The maximum atomic E-state index is 12.2. The van der Waals surface area contributed by atoms with Crippen LogP contribution in [0.4, 0.5) is 26.3 Å². The molecule has 0 fully saturated rings. The summed E-state index contributed by atoms with van der Waals surface area (Å²) in [6.45, 7) is 3.32. The Morgan fingerprint density at radius 1 is 0.941 bits per heavy atom. The summed E-state index contributed by atoms with van der Waals surface area (Å²) in [5.41, 5.74) is -6.76. The Morgan fingerprint density at radius 3 is 1.41 bits per heavy atom. The average molecular weight is 267 g/mol. The standard InChI is InChI=1S/C8H11F6NO2/c1-5(2,3)4(16)15-6(17,7(9,10)11)8(12,13)14/h17H,1-3H3,(H,15,16). The molecule has 3 nitrogen and oxygen atoms in total. The molecular formula is C8H11F6NO2. The smallest absolute Gasteiger partial charge is 0.357 e. The van der Waals surface area contributed by atoms with Crippen molar-refractivity contribution in [1.82, 2.24) is 5.32 Å². The van der Waals surface area contributed by atoms with Crippen LogP contribution in [-0.4, -0.2) is 29.1 Å². The third-order valence-corrected chi connectivity index (χ3v) is 1.80. The van der Waals surface area contributed by atoms with Gasteiger partial charge in [0.2, 0.25) is 5.91 Å². The summed E-state index contributed by atoms with van der Waals surface area (Å²) in [5, 5.41) is 9.22. The van der Waals surface area contributed by atoms with Crippen LogP contribution in [0.5, 0.6) is 0 Å². The lowest BCUT2D eigenvalue weighted by molar-refractivity contribution is -0.376. The number of hydrogen-bond acceptors (Lipinski definition) is 2. The zero-order valence-electron chi connectivity index (χ0n) is 9.12. The number of halogens is 6. The molecule has 0 saturated carbocycles. The highest BCUT2D eigenvalue weighted by atomic mass is 19.4. The molecule has 0 unspecified atom stereocenters. The van der Waals surface area contributed by atoms with Crippen LogP contribution in [0.15, 0.2) is 0 Å². The second-order valence-electron chi connectivity index (χ2n) is 4.41. The summed E-state index contributed by atoms with van der Waals surface area (Å²) in [6, 6.07) is 0. The van der Waals surface area contributed by atoms with E-state index in [2.05, 4.69) is 0 Å². The summed E-state index contributed by atoms with van der Waals surface area (Å²) in [7, 11) is 0. The highest BCUT2D eigenvalue weighted by Gasteiger charge is 2.72. The average Bonchev–Trinajstić information content (AvgIpc) is 1.97. The summed E-state index contributed by atoms with van der Waals surface area (Å²) >= 11 is 0. The molecule has 2 N–H and O–H groups in total. The van der Waals surface area contributed by atoms with E-state index in [1.807, 2.05) is 0 Å². The van der Waals surface area contributed by atoms with Crippen LogP contribution in [0.1, 0.15) is 20.8 Å². The molecule has 0 aromatic heterocycles. The van der Waals surface area contributed by atoms with E-state index < -0.39 is 29.4 Å². The van der Waals surface area contributed by atoms with E-state index in [4.69, 9.17) is 5.11 Å². The molecule has 0 radical (unpaired) electrons. The molecule has 0 atom stereocenters. The van der Waals surface area contributed by atoms with Crippen molar-refractivity contribution in [1.29, 1.82) is 0 Å². The lowest BCUT2D eigenvalue weighted by Gasteiger charge is -2.34. The van der Waals surface area contributed by atoms with Gasteiger partial charge in [0.15, 0.2) is 0 Å². The van der Waals surface area contributed by atoms with Gasteiger partial charge in [-0.3, -0.25) is 4.79 Å². The van der Waals surface area contributed by atoms with Crippen molar-refractivity contribution in [3.8, 4) is 0 Å². The predicted molar refractivity (Wildman–Crippen MR) is 44.7 cm³/mol. The maximum absolute atomic E-state index is 12.2. The van der Waals surface area contributed by atoms with Crippen LogP contribution in [0.2, 0.25) is 0 Å². The van der Waals surface area contributed by atoms with Crippen LogP contribution in [0.3, 0.4) is 0 Å². The first-order valence-corrected chi connectivity index (χ1v) is 4.31. The van der Waals surface area contributed by atoms with Crippen LogP contribution < -0.4 is 5.32 Å². The number of carbonyl (C=O) groups excluding carboxylic acids is 1. The van der Waals surface area contributed by atoms with Gasteiger partial charge in [-0.05, 0) is 0 Å². The Hall–Kier alpha value is -0.990. The van der Waals surface area contributed by atoms with Crippen LogP contribution in [0.25, 0.3) is 0 Å². The second kappa shape index (κ2) is 4.04. The molecule has 9 heteroatoms. The monoisotopic (exact) mass is 267 g/mol. The van der Waals surface area contributed by atoms with Gasteiger partial charge in [0, 0.05) is 5.41 Å². The number of amides is 1. The van der Waals surface area contributed by atoms with Crippen molar-refractivity contribution < 1.29 is 36.2 Å². The van der Waals surface area contributed by atoms with Gasteiger partial charge in [-0.15, -0.1) is 0 Å². The summed E-state index contributed by atoms with van der Waals surface area (Å²) < 4.78 is 73.0. The minimum atomic E-state index is -6.06. The summed E-state index contributed by atoms with van der Waals surface area (Å²) in [5.74, 6) is -1.57. The van der Waals surface area contributed by atoms with Crippen molar-refractivity contribution in [2.75, 3.05) is 0 Å². The van der Waals surface area contributed by atoms with Crippen molar-refractivity contribution in [2.45, 2.75) is 38.8 Å². The largest absolute Gasteiger partial charge is 0.446 e. The minimum absolute atomic E-state index is 0.580. The molecule has 0 aliphatic heterocycles. The normalized spacial score (nSPS) is 14.7. The van der Waals surface area contributed by atoms with E-state index >= 15 is 0 Å². The van der Waals surface area contributed by atoms with Gasteiger partial charge in [-0.1, -0.05) is 20.8 Å². The SMILES string of the molecule is CC(C)(C)C(=O)NC(O)(C(F)(F)F)C(F)(F)F. The van der Waals surface area contributed by atoms with E-state index in [9.17, 15) is 31.1 Å². The predicted octanol–water partition coefficient (Wildman–Crippen LogP) is 1.96. The van der Waals surface area contributed by atoms with Gasteiger partial charge >= 0.3 is 18.1 Å². The Kier molecular flexibility index (Phi) is 3.80. The third kappa shape index (κ3) is 3.24. The fourth-order valence-electron chi connectivity index (χ4n) is 0.654. The van der Waals surface area contributed by atoms with E-state index in [0.717, 1.165) is 20.8 Å². The lowest BCUT2D eigenvalue weighted by atomic mass is 9.94. The summed E-state index contributed by atoms with van der Waals surface area (Å²) in [6.07, 6.45) is -12.1. The van der Waals surface area contributed by atoms with Gasteiger partial charge in [0.05, 0.1) is 0 Å². The van der Waals surface area contributed by atoms with Gasteiger partial charge in [-0.2, -0.15) is 26.3 Å². The zero-order chi connectivity index (χ0) is 14.3. The molecule has 0 heterocycles. The summed E-state index contributed by atoms with van der Waals surface area (Å²) in [4.78, 5) is 11.1. The number of carbonyl (C=O) groups is 1. The Bertz CT molecular complexity index is 287. The Labute approximate surface area is 92.8 Å². The Morgan fingerprint density at radius 2 is 1.24 bits per heavy atom. The number of hydrogen-bond donors (Lipinski definition) is 2. The first kappa shape index (κ1) is 16.0. The quantitative estimate of drug-likeness (QED) is 0.563. The first-order valence-electron chi connectivity index (χ1n) is 4.31. The minimum Gasteiger partial charge on any atom is -0.357 e. The van der Waals surface area contributed by atoms with E-state index in [1.54, 1.807) is 0 Å².